The van der Waals surface area contributed by atoms with Crippen LogP contribution in [0.5, 0.6) is 0 Å². The van der Waals surface area contributed by atoms with Crippen LogP contribution in [0.3, 0.4) is 0 Å². The predicted octanol–water partition coefficient (Wildman–Crippen LogP) is 22.4. The van der Waals surface area contributed by atoms with Gasteiger partial charge in [0.1, 0.15) is 34.0 Å². The SMILES string of the molecule is C1=[N+]=c2oc3c(-c4ccc(-c5cc(-c6ccc(-c7ccccc7)cc6)nc(-c6ccccc6)n5)cc4)nc(-c4ccc5cc6ccc(-c7ccc8cc9ccc(C%10=NC%11OC%12=C(N=C(c%13ccccc%13)NC%12c%12ccc(-c%13cc(-c%14ccc(-c%15ccccc%15)cc%14)nc(-c%14ccccc%14)n%13)cc%12)C%11=C%10)cc9cc8c7)cc6cc5c4)nc3c2=C1. The second-order valence-electron chi connectivity index (χ2n) is 30.2. The summed E-state index contributed by atoms with van der Waals surface area (Å²) in [5, 5.41) is 13.7. The third-order valence-electron chi connectivity index (χ3n) is 22.9. The van der Waals surface area contributed by atoms with Crippen LogP contribution < -0.4 is 20.8 Å². The minimum Gasteiger partial charge on any atom is -0.464 e. The van der Waals surface area contributed by atoms with Gasteiger partial charge < -0.3 is 14.5 Å². The summed E-state index contributed by atoms with van der Waals surface area (Å²) in [7, 11) is 0. The van der Waals surface area contributed by atoms with Gasteiger partial charge in [0.2, 0.25) is 6.23 Å². The van der Waals surface area contributed by atoms with Crippen LogP contribution in [-0.4, -0.2) is 53.9 Å². The van der Waals surface area contributed by atoms with Crippen molar-refractivity contribution in [1.82, 2.24) is 39.9 Å². The minimum atomic E-state index is -0.553. The van der Waals surface area contributed by atoms with Crippen molar-refractivity contribution in [2.45, 2.75) is 12.3 Å². The number of hydrogen-bond acceptors (Lipinski definition) is 11. The normalized spacial score (nSPS) is 14.5. The van der Waals surface area contributed by atoms with Gasteiger partial charge in [0.25, 0.3) is 6.21 Å². The first-order chi connectivity index (χ1) is 58.3. The molecule has 23 rings (SSSR count). The van der Waals surface area contributed by atoms with Crippen molar-refractivity contribution in [1.29, 1.82) is 0 Å². The molecule has 2 unspecified atom stereocenters. The minimum absolute atomic E-state index is 0.344. The first-order valence-electron chi connectivity index (χ1n) is 39.6. The molecule has 1 N–H and O–H groups in total. The van der Waals surface area contributed by atoms with Crippen molar-refractivity contribution in [2.75, 3.05) is 0 Å². The van der Waals surface area contributed by atoms with E-state index in [9.17, 15) is 0 Å². The Labute approximate surface area is 677 Å². The van der Waals surface area contributed by atoms with E-state index in [-0.39, 0.29) is 6.04 Å². The Kier molecular flexibility index (Phi) is 16.0. The van der Waals surface area contributed by atoms with Gasteiger partial charge in [-0.05, 0) is 153 Å². The molecule has 0 amide bonds. The average Bonchev–Trinajstić information content (AvgIpc) is 1.56. The van der Waals surface area contributed by atoms with Crippen LogP contribution in [0, 0.1) is 0 Å². The molecule has 0 saturated carbocycles. The average molecular weight is 1510 g/mol. The molecular weight excluding hydrogens is 1450 g/mol. The summed E-state index contributed by atoms with van der Waals surface area (Å²) in [6, 6.07) is 125. The maximum atomic E-state index is 6.95. The van der Waals surface area contributed by atoms with Gasteiger partial charge in [0.05, 0.1) is 28.5 Å². The van der Waals surface area contributed by atoms with Gasteiger partial charge >= 0.3 is 5.55 Å². The molecule has 0 saturated heterocycles. The molecule has 4 aliphatic rings. The lowest BCUT2D eigenvalue weighted by Crippen LogP contribution is -2.34. The Bertz CT molecular complexity index is 7660. The summed E-state index contributed by atoms with van der Waals surface area (Å²) < 4.78 is 18.0. The Balaban J connectivity index is 0.526. The summed E-state index contributed by atoms with van der Waals surface area (Å²) in [6.45, 7) is 0. The second kappa shape index (κ2) is 28.0. The Morgan fingerprint density at radius 3 is 1.20 bits per heavy atom. The number of allylic oxidation sites excluding steroid dienone is 1. The van der Waals surface area contributed by atoms with E-state index in [1.807, 2.05) is 84.9 Å². The van der Waals surface area contributed by atoms with E-state index in [1.54, 1.807) is 6.21 Å². The van der Waals surface area contributed by atoms with Crippen LogP contribution in [-0.2, 0) is 4.74 Å². The topological polar surface area (TPSA) is 151 Å². The van der Waals surface area contributed by atoms with E-state index in [0.29, 0.717) is 39.8 Å². The molecule has 12 nitrogen and oxygen atoms in total. The fourth-order valence-corrected chi connectivity index (χ4v) is 16.7. The molecule has 0 fully saturated rings. The largest absolute Gasteiger partial charge is 0.502 e. The zero-order valence-corrected chi connectivity index (χ0v) is 63.3. The van der Waals surface area contributed by atoms with Crippen LogP contribution in [0.25, 0.3) is 184 Å². The number of fused-ring (bicyclic) bond motifs is 9. The lowest BCUT2D eigenvalue weighted by atomic mass is 9.95. The first kappa shape index (κ1) is 67.7. The molecule has 0 radical (unpaired) electrons. The molecule has 4 aromatic heterocycles. The van der Waals surface area contributed by atoms with Gasteiger partial charge in [0.15, 0.2) is 28.8 Å². The summed E-state index contributed by atoms with van der Waals surface area (Å²) in [4.78, 5) is 41.8. The number of hydrogen-bond donors (Lipinski definition) is 1. The molecule has 0 spiro atoms. The molecule has 15 aromatic carbocycles. The molecule has 0 bridgehead atoms. The van der Waals surface area contributed by atoms with Gasteiger partial charge in [0, 0.05) is 67.3 Å². The van der Waals surface area contributed by atoms with Crippen LogP contribution >= 0.6 is 0 Å². The Morgan fingerprint density at radius 2 is 0.703 bits per heavy atom. The molecule has 550 valence electrons. The number of amidine groups is 1. The van der Waals surface area contributed by atoms with Crippen molar-refractivity contribution in [3.05, 3.63) is 408 Å². The maximum absolute atomic E-state index is 6.95. The molecule has 19 aromatic rings. The number of furan rings is 1. The van der Waals surface area contributed by atoms with Gasteiger partial charge in [-0.25, -0.2) is 39.9 Å². The standard InChI is InChI=1S/C106H65N10O2/c1-6-16-63(17-7-1)65-26-30-67(31-27-65)91-61-93(110-101(108-91)73-20-10-3-11-21-73)69-34-38-71(39-35-69)95-99-97(88-50-51-107-105(88)117-99)115-104(114-95)83-49-47-81-53-79-45-43-77(55-85(79)59-87(81)57-83)76-42-44-78-52-80-46-48-82(56-86(80)58-84(78)54-76)90-60-89-98-100(118-106(89)112-90)96(113-103(116-98)75-24-14-5-15-25-75)72-40-36-70(37-41-72)94-62-92(109-102(111-94)74-22-12-4-13-23-74)68-32-28-66(29-33-68)64-18-8-2-9-19-64/h1-62,96,106H,(H,113,116)/q+1. The molecule has 0 aliphatic carbocycles. The first-order valence-corrected chi connectivity index (χ1v) is 39.6. The number of aliphatic imine (C=N–C) groups is 2. The molecule has 8 heterocycles. The van der Waals surface area contributed by atoms with E-state index in [2.05, 4.69) is 295 Å². The maximum Gasteiger partial charge on any atom is 0.502 e. The van der Waals surface area contributed by atoms with Gasteiger partial charge in [-0.3, -0.25) is 0 Å². The number of benzene rings is 15. The van der Waals surface area contributed by atoms with Gasteiger partial charge in [-0.2, -0.15) is 0 Å². The predicted molar refractivity (Wildman–Crippen MR) is 476 cm³/mol. The van der Waals surface area contributed by atoms with E-state index in [0.717, 1.165) is 189 Å². The van der Waals surface area contributed by atoms with Crippen molar-refractivity contribution in [3.63, 3.8) is 0 Å². The van der Waals surface area contributed by atoms with Crippen LogP contribution in [0.4, 0.5) is 0 Å². The van der Waals surface area contributed by atoms with Crippen molar-refractivity contribution in [3.8, 4) is 124 Å². The summed E-state index contributed by atoms with van der Waals surface area (Å²) >= 11 is 0. The number of rotatable bonds is 14. The fraction of sp³-hybridized carbons (Fsp3) is 0.0189. The monoisotopic (exact) mass is 1510 g/mol. The van der Waals surface area contributed by atoms with Crippen molar-refractivity contribution in [2.24, 2.45) is 9.98 Å². The molecular formula is C106H65N10O2+. The molecule has 2 atom stereocenters. The lowest BCUT2D eigenvalue weighted by molar-refractivity contribution is 0.157. The van der Waals surface area contributed by atoms with E-state index in [4.69, 9.17) is 49.0 Å². The Morgan fingerprint density at radius 1 is 0.314 bits per heavy atom. The van der Waals surface area contributed by atoms with E-state index < -0.39 is 6.23 Å². The molecule has 118 heavy (non-hydrogen) atoms. The number of ether oxygens (including phenoxy) is 1. The highest BCUT2D eigenvalue weighted by Crippen LogP contribution is 2.46. The zero-order valence-electron chi connectivity index (χ0n) is 63.3. The molecule has 4 aliphatic heterocycles. The number of nitrogens with one attached hydrogen (secondary N) is 1. The van der Waals surface area contributed by atoms with Crippen molar-refractivity contribution >= 4 is 78.0 Å². The highest BCUT2D eigenvalue weighted by Gasteiger charge is 2.42. The highest BCUT2D eigenvalue weighted by atomic mass is 16.5. The van der Waals surface area contributed by atoms with Crippen molar-refractivity contribution < 1.29 is 9.15 Å². The van der Waals surface area contributed by atoms with Crippen LogP contribution in [0.1, 0.15) is 22.7 Å². The van der Waals surface area contributed by atoms with Gasteiger partial charge in [-0.15, -0.1) is 0 Å². The van der Waals surface area contributed by atoms with E-state index in [1.165, 1.54) is 5.56 Å². The van der Waals surface area contributed by atoms with E-state index >= 15 is 0 Å². The fourth-order valence-electron chi connectivity index (χ4n) is 16.7. The summed E-state index contributed by atoms with van der Waals surface area (Å²) in [5.41, 5.74) is 25.8. The summed E-state index contributed by atoms with van der Waals surface area (Å²) in [6.07, 6.45) is 5.33. The zero-order chi connectivity index (χ0) is 77.7. The summed E-state index contributed by atoms with van der Waals surface area (Å²) in [5.74, 6) is 3.41. The van der Waals surface area contributed by atoms with Gasteiger partial charge in [-0.1, -0.05) is 297 Å². The Hall–Kier alpha value is -16.0. The third-order valence-corrected chi connectivity index (χ3v) is 22.9. The van der Waals surface area contributed by atoms with Crippen LogP contribution in [0.15, 0.2) is 395 Å². The number of nitrogens with zero attached hydrogens (tertiary/aromatic N) is 9. The van der Waals surface area contributed by atoms with Crippen LogP contribution in [0.2, 0.25) is 0 Å². The lowest BCUT2D eigenvalue weighted by Gasteiger charge is -2.26. The third kappa shape index (κ3) is 12.3. The molecule has 12 heteroatoms. The smallest absolute Gasteiger partial charge is 0.464 e. The number of aromatic nitrogens is 6. The quantitative estimate of drug-likeness (QED) is 0.0829. The second-order valence-corrected chi connectivity index (χ2v) is 30.2. The highest BCUT2D eigenvalue weighted by molar-refractivity contribution is 6.14.